The molecule has 7 nitrogen and oxygen atoms in total. The van der Waals surface area contributed by atoms with Crippen molar-refractivity contribution >= 4 is 17.7 Å². The van der Waals surface area contributed by atoms with E-state index in [1.165, 1.54) is 19.2 Å². The normalized spacial score (nSPS) is 15.2. The Bertz CT molecular complexity index is 524. The second-order valence-electron chi connectivity index (χ2n) is 4.60. The maximum atomic E-state index is 12.2. The van der Waals surface area contributed by atoms with E-state index in [0.717, 1.165) is 6.42 Å². The van der Waals surface area contributed by atoms with Crippen molar-refractivity contribution in [1.29, 1.82) is 0 Å². The third-order valence-electron chi connectivity index (χ3n) is 3.21. The van der Waals surface area contributed by atoms with E-state index in [1.54, 1.807) is 11.0 Å². The minimum Gasteiger partial charge on any atom is -0.497 e. The molecule has 1 aromatic rings. The second kappa shape index (κ2) is 6.94. The van der Waals surface area contributed by atoms with Crippen molar-refractivity contribution in [2.24, 2.45) is 0 Å². The van der Waals surface area contributed by atoms with Gasteiger partial charge in [0.15, 0.2) is 0 Å². The van der Waals surface area contributed by atoms with Crippen molar-refractivity contribution < 1.29 is 24.2 Å². The molecule has 0 aliphatic carbocycles. The summed E-state index contributed by atoms with van der Waals surface area (Å²) in [4.78, 5) is 25.0. The third-order valence-corrected chi connectivity index (χ3v) is 3.21. The van der Waals surface area contributed by atoms with Gasteiger partial charge in [-0.2, -0.15) is 0 Å². The number of carboxylic acid groups (broad SMARTS) is 1. The van der Waals surface area contributed by atoms with Gasteiger partial charge < -0.3 is 24.8 Å². The average Bonchev–Trinajstić information content (AvgIpc) is 2.76. The van der Waals surface area contributed by atoms with E-state index < -0.39 is 5.97 Å². The van der Waals surface area contributed by atoms with Crippen LogP contribution in [0, 0.1) is 0 Å². The molecule has 0 saturated carbocycles. The lowest BCUT2D eigenvalue weighted by Gasteiger charge is -2.21. The molecule has 2 rings (SSSR count). The van der Waals surface area contributed by atoms with Crippen LogP contribution in [0.3, 0.4) is 0 Å². The monoisotopic (exact) mass is 294 g/mol. The van der Waals surface area contributed by atoms with Gasteiger partial charge in [-0.15, -0.1) is 0 Å². The van der Waals surface area contributed by atoms with Crippen LogP contribution >= 0.6 is 0 Å². The summed E-state index contributed by atoms with van der Waals surface area (Å²) in [5.74, 6) is -0.623. The number of carbonyl (C=O) groups excluding carboxylic acids is 1. The fraction of sp³-hybridized carbons (Fsp3) is 0.429. The number of nitrogens with one attached hydrogen (secondary N) is 1. The number of urea groups is 1. The predicted octanol–water partition coefficient (Wildman–Crippen LogP) is 1.65. The van der Waals surface area contributed by atoms with Gasteiger partial charge in [-0.3, -0.25) is 0 Å². The number of benzene rings is 1. The molecule has 0 aromatic heterocycles. The Labute approximate surface area is 122 Å². The summed E-state index contributed by atoms with van der Waals surface area (Å²) in [5, 5.41) is 11.8. The highest BCUT2D eigenvalue weighted by Gasteiger charge is 2.19. The van der Waals surface area contributed by atoms with Crippen LogP contribution in [-0.2, 0) is 4.74 Å². The molecule has 1 heterocycles. The zero-order valence-corrected chi connectivity index (χ0v) is 11.8. The largest absolute Gasteiger partial charge is 0.497 e. The van der Waals surface area contributed by atoms with Gasteiger partial charge in [0.25, 0.3) is 0 Å². The van der Waals surface area contributed by atoms with Crippen LogP contribution in [0.4, 0.5) is 10.5 Å². The Morgan fingerprint density at radius 2 is 2.14 bits per heavy atom. The third kappa shape index (κ3) is 3.85. The first-order valence-corrected chi connectivity index (χ1v) is 6.67. The molecule has 114 valence electrons. The topological polar surface area (TPSA) is 88.1 Å². The number of anilines is 1. The number of ether oxygens (including phenoxy) is 2. The molecule has 21 heavy (non-hydrogen) atoms. The Morgan fingerprint density at radius 3 is 2.86 bits per heavy atom. The van der Waals surface area contributed by atoms with Crippen molar-refractivity contribution in [2.75, 3.05) is 38.7 Å². The minimum absolute atomic E-state index is 0.0234. The van der Waals surface area contributed by atoms with E-state index in [9.17, 15) is 14.7 Å². The zero-order chi connectivity index (χ0) is 15.2. The maximum absolute atomic E-state index is 12.2. The van der Waals surface area contributed by atoms with Crippen LogP contribution in [-0.4, -0.2) is 55.4 Å². The summed E-state index contributed by atoms with van der Waals surface area (Å²) in [6.45, 7) is 2.18. The van der Waals surface area contributed by atoms with E-state index in [2.05, 4.69) is 5.32 Å². The summed E-state index contributed by atoms with van der Waals surface area (Å²) >= 11 is 0. The summed E-state index contributed by atoms with van der Waals surface area (Å²) < 4.78 is 10.3. The lowest BCUT2D eigenvalue weighted by molar-refractivity contribution is 0.0698. The van der Waals surface area contributed by atoms with Gasteiger partial charge in [-0.25, -0.2) is 9.59 Å². The lowest BCUT2D eigenvalue weighted by atomic mass is 10.1. The fourth-order valence-corrected chi connectivity index (χ4v) is 2.08. The Hall–Kier alpha value is -2.28. The Morgan fingerprint density at radius 1 is 1.33 bits per heavy atom. The molecule has 0 spiro atoms. The molecule has 1 fully saturated rings. The molecule has 1 aliphatic heterocycles. The van der Waals surface area contributed by atoms with E-state index in [0.29, 0.717) is 32.1 Å². The molecule has 1 aromatic carbocycles. The highest BCUT2D eigenvalue weighted by molar-refractivity contribution is 6.00. The first-order chi connectivity index (χ1) is 10.1. The quantitative estimate of drug-likeness (QED) is 0.885. The van der Waals surface area contributed by atoms with Crippen molar-refractivity contribution in [3.05, 3.63) is 23.8 Å². The molecular formula is C14H18N2O5. The van der Waals surface area contributed by atoms with Crippen molar-refractivity contribution in [3.63, 3.8) is 0 Å². The van der Waals surface area contributed by atoms with Crippen LogP contribution in [0.25, 0.3) is 0 Å². The van der Waals surface area contributed by atoms with Crippen LogP contribution < -0.4 is 10.1 Å². The van der Waals surface area contributed by atoms with E-state index in [1.807, 2.05) is 0 Å². The molecule has 1 saturated heterocycles. The van der Waals surface area contributed by atoms with Gasteiger partial charge in [0, 0.05) is 25.8 Å². The van der Waals surface area contributed by atoms with Crippen LogP contribution in [0.2, 0.25) is 0 Å². The van der Waals surface area contributed by atoms with Crippen LogP contribution in [0.1, 0.15) is 16.8 Å². The smallest absolute Gasteiger partial charge is 0.337 e. The molecule has 1 aliphatic rings. The summed E-state index contributed by atoms with van der Waals surface area (Å²) in [6, 6.07) is 4.10. The number of rotatable bonds is 3. The van der Waals surface area contributed by atoms with Crippen molar-refractivity contribution in [1.82, 2.24) is 4.90 Å². The van der Waals surface area contributed by atoms with Gasteiger partial charge in [-0.1, -0.05) is 0 Å². The van der Waals surface area contributed by atoms with Gasteiger partial charge in [0.2, 0.25) is 0 Å². The number of nitrogens with zero attached hydrogens (tertiary/aromatic N) is 1. The highest BCUT2D eigenvalue weighted by Crippen LogP contribution is 2.23. The number of aromatic carboxylic acids is 1. The molecule has 0 atom stereocenters. The summed E-state index contributed by atoms with van der Waals surface area (Å²) in [7, 11) is 1.48. The lowest BCUT2D eigenvalue weighted by Crippen LogP contribution is -2.37. The molecule has 2 N–H and O–H groups in total. The van der Waals surface area contributed by atoms with E-state index >= 15 is 0 Å². The molecule has 2 amide bonds. The Balaban J connectivity index is 2.16. The molecular weight excluding hydrogens is 276 g/mol. The average molecular weight is 294 g/mol. The second-order valence-corrected chi connectivity index (χ2v) is 4.60. The van der Waals surface area contributed by atoms with Crippen LogP contribution in [0.15, 0.2) is 18.2 Å². The Kier molecular flexibility index (Phi) is 4.99. The number of hydrogen-bond acceptors (Lipinski definition) is 4. The first kappa shape index (κ1) is 15.1. The maximum Gasteiger partial charge on any atom is 0.337 e. The van der Waals surface area contributed by atoms with Gasteiger partial charge in [-0.05, 0) is 18.6 Å². The van der Waals surface area contributed by atoms with E-state index in [4.69, 9.17) is 9.47 Å². The number of methoxy groups -OCH3 is 1. The van der Waals surface area contributed by atoms with Gasteiger partial charge >= 0.3 is 12.0 Å². The molecule has 0 unspecified atom stereocenters. The summed E-state index contributed by atoms with van der Waals surface area (Å²) in [5.41, 5.74) is 0.243. The standard InChI is InChI=1S/C14H18N2O5/c1-20-10-3-4-11(13(17)18)12(9-10)15-14(19)16-5-2-7-21-8-6-16/h3-4,9H,2,5-8H2,1H3,(H,15,19)(H,17,18). The summed E-state index contributed by atoms with van der Waals surface area (Å²) in [6.07, 6.45) is 0.761. The SMILES string of the molecule is COc1ccc(C(=O)O)c(NC(=O)N2CCCOCC2)c1. The number of carbonyl (C=O) groups is 2. The first-order valence-electron chi connectivity index (χ1n) is 6.67. The van der Waals surface area contributed by atoms with Crippen LogP contribution in [0.5, 0.6) is 5.75 Å². The number of amides is 2. The van der Waals surface area contributed by atoms with Gasteiger partial charge in [0.1, 0.15) is 5.75 Å². The number of carboxylic acids is 1. The molecule has 0 bridgehead atoms. The highest BCUT2D eigenvalue weighted by atomic mass is 16.5. The van der Waals surface area contributed by atoms with Crippen molar-refractivity contribution in [2.45, 2.75) is 6.42 Å². The zero-order valence-electron chi connectivity index (χ0n) is 11.8. The molecule has 7 heteroatoms. The van der Waals surface area contributed by atoms with Crippen molar-refractivity contribution in [3.8, 4) is 5.75 Å². The molecule has 0 radical (unpaired) electrons. The van der Waals surface area contributed by atoms with Gasteiger partial charge in [0.05, 0.1) is 25.0 Å². The fourth-order valence-electron chi connectivity index (χ4n) is 2.08. The minimum atomic E-state index is -1.10. The predicted molar refractivity (Wildman–Crippen MR) is 76.0 cm³/mol. The van der Waals surface area contributed by atoms with E-state index in [-0.39, 0.29) is 17.3 Å². The number of hydrogen-bond donors (Lipinski definition) is 2.